The number of rotatable bonds is 0. The molecular formula is C10H7ClO. The molecule has 0 heterocycles. The van der Waals surface area contributed by atoms with Crippen molar-refractivity contribution in [3.05, 3.63) is 47.1 Å². The van der Waals surface area contributed by atoms with Crippen LogP contribution in [-0.2, 0) is 4.79 Å². The Balaban J connectivity index is 2.51. The van der Waals surface area contributed by atoms with Crippen LogP contribution >= 0.6 is 11.6 Å². The van der Waals surface area contributed by atoms with Gasteiger partial charge >= 0.3 is 0 Å². The van der Waals surface area contributed by atoms with Gasteiger partial charge in [-0.3, -0.25) is 4.79 Å². The fourth-order valence-corrected chi connectivity index (χ4v) is 1.62. The Morgan fingerprint density at radius 3 is 2.75 bits per heavy atom. The van der Waals surface area contributed by atoms with E-state index in [1.165, 1.54) is 6.08 Å². The highest BCUT2D eigenvalue weighted by Crippen LogP contribution is 2.29. The van der Waals surface area contributed by atoms with Crippen molar-refractivity contribution in [1.82, 2.24) is 0 Å². The predicted octanol–water partition coefficient (Wildman–Crippen LogP) is 2.36. The third-order valence-electron chi connectivity index (χ3n) is 2.00. The Bertz CT molecular complexity index is 345. The topological polar surface area (TPSA) is 17.1 Å². The van der Waals surface area contributed by atoms with E-state index in [2.05, 4.69) is 0 Å². The van der Waals surface area contributed by atoms with Gasteiger partial charge in [0.25, 0.3) is 0 Å². The Labute approximate surface area is 75.7 Å². The van der Waals surface area contributed by atoms with Crippen LogP contribution in [0.1, 0.15) is 0 Å². The van der Waals surface area contributed by atoms with E-state index >= 15 is 0 Å². The number of hydrogen-bond acceptors (Lipinski definition) is 1. The molecule has 0 aromatic heterocycles. The number of allylic oxidation sites excluding steroid dienone is 8. The molecule has 0 amide bonds. The van der Waals surface area contributed by atoms with E-state index in [1.807, 2.05) is 24.3 Å². The van der Waals surface area contributed by atoms with Gasteiger partial charge in [0.15, 0.2) is 5.78 Å². The molecule has 0 aromatic rings. The molecule has 0 saturated carbocycles. The first kappa shape index (κ1) is 7.56. The minimum atomic E-state index is -0.146. The van der Waals surface area contributed by atoms with Gasteiger partial charge in [-0.2, -0.15) is 0 Å². The summed E-state index contributed by atoms with van der Waals surface area (Å²) in [5, 5.41) is 0.667. The molecule has 2 aliphatic carbocycles. The van der Waals surface area contributed by atoms with Gasteiger partial charge in [0, 0.05) is 5.03 Å². The zero-order valence-electron chi connectivity index (χ0n) is 6.33. The van der Waals surface area contributed by atoms with E-state index < -0.39 is 0 Å². The molecule has 2 aliphatic rings. The van der Waals surface area contributed by atoms with Gasteiger partial charge in [0.2, 0.25) is 0 Å². The van der Waals surface area contributed by atoms with Gasteiger partial charge < -0.3 is 0 Å². The zero-order chi connectivity index (χ0) is 8.55. The van der Waals surface area contributed by atoms with E-state index in [0.29, 0.717) is 5.03 Å². The largest absolute Gasteiger partial charge is 0.294 e. The molecule has 0 bridgehead atoms. The van der Waals surface area contributed by atoms with Crippen LogP contribution in [0.2, 0.25) is 0 Å². The van der Waals surface area contributed by atoms with Crippen molar-refractivity contribution in [2.75, 3.05) is 0 Å². The Kier molecular flexibility index (Phi) is 1.74. The van der Waals surface area contributed by atoms with Crippen LogP contribution in [0.4, 0.5) is 0 Å². The quantitative estimate of drug-likeness (QED) is 0.557. The summed E-state index contributed by atoms with van der Waals surface area (Å²) < 4.78 is 0. The number of ketones is 1. The molecule has 12 heavy (non-hydrogen) atoms. The fraction of sp³-hybridized carbons (Fsp3) is 0.100. The fourth-order valence-electron chi connectivity index (χ4n) is 1.37. The zero-order valence-corrected chi connectivity index (χ0v) is 7.08. The lowest BCUT2D eigenvalue weighted by molar-refractivity contribution is -0.116. The number of carbonyl (C=O) groups excluding carboxylic acids is 1. The second-order valence-corrected chi connectivity index (χ2v) is 3.17. The standard InChI is InChI=1S/C10H7ClO/c11-9-5-6-10(12)8-4-2-1-3-7(8)9/h1-6,8H. The Morgan fingerprint density at radius 2 is 2.00 bits per heavy atom. The Morgan fingerprint density at radius 1 is 1.17 bits per heavy atom. The van der Waals surface area contributed by atoms with Crippen molar-refractivity contribution in [3.63, 3.8) is 0 Å². The van der Waals surface area contributed by atoms with Crippen molar-refractivity contribution in [1.29, 1.82) is 0 Å². The van der Waals surface area contributed by atoms with E-state index in [1.54, 1.807) is 6.08 Å². The molecule has 0 aliphatic heterocycles. The van der Waals surface area contributed by atoms with Crippen molar-refractivity contribution in [2.24, 2.45) is 5.92 Å². The predicted molar refractivity (Wildman–Crippen MR) is 48.8 cm³/mol. The van der Waals surface area contributed by atoms with Crippen molar-refractivity contribution >= 4 is 17.4 Å². The van der Waals surface area contributed by atoms with Gasteiger partial charge in [-0.05, 0) is 17.7 Å². The summed E-state index contributed by atoms with van der Waals surface area (Å²) in [6.45, 7) is 0. The first-order valence-electron chi connectivity index (χ1n) is 3.75. The number of halogens is 1. The van der Waals surface area contributed by atoms with Crippen LogP contribution in [-0.4, -0.2) is 5.78 Å². The monoisotopic (exact) mass is 178 g/mol. The van der Waals surface area contributed by atoms with E-state index in [9.17, 15) is 4.79 Å². The third kappa shape index (κ3) is 1.07. The van der Waals surface area contributed by atoms with Gasteiger partial charge in [0.05, 0.1) is 5.92 Å². The van der Waals surface area contributed by atoms with Crippen LogP contribution in [0.3, 0.4) is 0 Å². The molecule has 1 nitrogen and oxygen atoms in total. The molecule has 1 unspecified atom stereocenters. The second kappa shape index (κ2) is 2.76. The van der Waals surface area contributed by atoms with Gasteiger partial charge in [-0.25, -0.2) is 0 Å². The molecule has 1 atom stereocenters. The average molecular weight is 179 g/mol. The maximum Gasteiger partial charge on any atom is 0.167 e. The smallest absolute Gasteiger partial charge is 0.167 e. The summed E-state index contributed by atoms with van der Waals surface area (Å²) in [6.07, 6.45) is 10.7. The number of hydrogen-bond donors (Lipinski definition) is 0. The summed E-state index contributed by atoms with van der Waals surface area (Å²) in [4.78, 5) is 11.3. The normalized spacial score (nSPS) is 26.4. The van der Waals surface area contributed by atoms with Gasteiger partial charge in [0.1, 0.15) is 0 Å². The minimum Gasteiger partial charge on any atom is -0.294 e. The summed E-state index contributed by atoms with van der Waals surface area (Å²) in [7, 11) is 0. The highest BCUT2D eigenvalue weighted by Gasteiger charge is 2.22. The molecule has 0 spiro atoms. The summed E-state index contributed by atoms with van der Waals surface area (Å²) >= 11 is 5.91. The number of fused-ring (bicyclic) bond motifs is 1. The molecule has 60 valence electrons. The second-order valence-electron chi connectivity index (χ2n) is 2.76. The molecule has 2 heteroatoms. The molecular weight excluding hydrogens is 172 g/mol. The van der Waals surface area contributed by atoms with E-state index in [4.69, 9.17) is 11.6 Å². The molecule has 0 aromatic carbocycles. The lowest BCUT2D eigenvalue weighted by Gasteiger charge is -2.18. The van der Waals surface area contributed by atoms with Crippen LogP contribution in [0.5, 0.6) is 0 Å². The van der Waals surface area contributed by atoms with Crippen molar-refractivity contribution in [3.8, 4) is 0 Å². The average Bonchev–Trinajstić information content (AvgIpc) is 2.12. The SMILES string of the molecule is O=C1C=CC(Cl)=C2C=CC=CC12. The third-order valence-corrected chi connectivity index (χ3v) is 2.35. The molecule has 0 radical (unpaired) electrons. The van der Waals surface area contributed by atoms with Crippen molar-refractivity contribution < 1.29 is 4.79 Å². The molecule has 0 fully saturated rings. The summed E-state index contributed by atoms with van der Waals surface area (Å²) in [5.74, 6) is -0.0394. The molecule has 0 saturated heterocycles. The number of carbonyl (C=O) groups is 1. The lowest BCUT2D eigenvalue weighted by Crippen LogP contribution is -2.16. The summed E-state index contributed by atoms with van der Waals surface area (Å²) in [5.41, 5.74) is 0.909. The van der Waals surface area contributed by atoms with E-state index in [0.717, 1.165) is 5.57 Å². The van der Waals surface area contributed by atoms with E-state index in [-0.39, 0.29) is 11.7 Å². The highest BCUT2D eigenvalue weighted by atomic mass is 35.5. The van der Waals surface area contributed by atoms with Crippen molar-refractivity contribution in [2.45, 2.75) is 0 Å². The van der Waals surface area contributed by atoms with Gasteiger partial charge in [-0.15, -0.1) is 0 Å². The minimum absolute atomic E-state index is 0.106. The van der Waals surface area contributed by atoms with Gasteiger partial charge in [-0.1, -0.05) is 35.9 Å². The first-order chi connectivity index (χ1) is 5.79. The highest BCUT2D eigenvalue weighted by molar-refractivity contribution is 6.33. The maximum absolute atomic E-state index is 11.3. The Hall–Kier alpha value is -1.08. The van der Waals surface area contributed by atoms with Crippen LogP contribution in [0.15, 0.2) is 47.1 Å². The molecule has 2 rings (SSSR count). The van der Waals surface area contributed by atoms with Crippen LogP contribution in [0, 0.1) is 5.92 Å². The summed E-state index contributed by atoms with van der Waals surface area (Å²) in [6, 6.07) is 0. The lowest BCUT2D eigenvalue weighted by atomic mass is 9.87. The molecule has 0 N–H and O–H groups in total. The first-order valence-corrected chi connectivity index (χ1v) is 4.13. The van der Waals surface area contributed by atoms with Crippen LogP contribution in [0.25, 0.3) is 0 Å². The maximum atomic E-state index is 11.3. The van der Waals surface area contributed by atoms with Crippen LogP contribution < -0.4 is 0 Å².